The van der Waals surface area contributed by atoms with Gasteiger partial charge in [0.2, 0.25) is 0 Å². The van der Waals surface area contributed by atoms with E-state index in [0.29, 0.717) is 12.0 Å². The first-order valence-corrected chi connectivity index (χ1v) is 11.9. The van der Waals surface area contributed by atoms with E-state index in [-0.39, 0.29) is 41.7 Å². The molecule has 4 nitrogen and oxygen atoms in total. The quantitative estimate of drug-likeness (QED) is 0.354. The SMILES string of the molecule is O=C(CCc1cccnc1)Cc1ccc(S(=O)(=O)Cc2cc(C(F)(F)F)ccc2C(F)(F)F)cc1. The van der Waals surface area contributed by atoms with Gasteiger partial charge in [0.15, 0.2) is 9.84 Å². The fourth-order valence-electron chi connectivity index (χ4n) is 3.41. The maximum atomic E-state index is 13.3. The molecule has 0 fully saturated rings. The average Bonchev–Trinajstić information content (AvgIpc) is 2.77. The highest BCUT2D eigenvalue weighted by atomic mass is 32.2. The Bertz CT molecular complexity index is 1290. The van der Waals surface area contributed by atoms with Crippen LogP contribution in [-0.2, 0) is 45.6 Å². The van der Waals surface area contributed by atoms with Crippen molar-refractivity contribution in [1.29, 1.82) is 0 Å². The summed E-state index contributed by atoms with van der Waals surface area (Å²) in [7, 11) is -4.41. The highest BCUT2D eigenvalue weighted by Crippen LogP contribution is 2.37. The Hall–Kier alpha value is -3.21. The van der Waals surface area contributed by atoms with Crippen molar-refractivity contribution < 1.29 is 39.6 Å². The molecule has 0 atom stereocenters. The molecule has 0 saturated carbocycles. The van der Waals surface area contributed by atoms with Crippen LogP contribution >= 0.6 is 0 Å². The summed E-state index contributed by atoms with van der Waals surface area (Å²) < 4.78 is 104. The summed E-state index contributed by atoms with van der Waals surface area (Å²) >= 11 is 0. The lowest BCUT2D eigenvalue weighted by Gasteiger charge is -2.16. The van der Waals surface area contributed by atoms with Gasteiger partial charge in [0.1, 0.15) is 5.78 Å². The Kier molecular flexibility index (Phi) is 7.68. The third-order valence-corrected chi connectivity index (χ3v) is 6.86. The van der Waals surface area contributed by atoms with Crippen molar-refractivity contribution in [3.05, 3.63) is 94.8 Å². The Morgan fingerprint density at radius 1 is 0.857 bits per heavy atom. The van der Waals surface area contributed by atoms with Gasteiger partial charge < -0.3 is 0 Å². The predicted octanol–water partition coefficient (Wildman–Crippen LogP) is 5.84. The zero-order valence-corrected chi connectivity index (χ0v) is 18.8. The Labute approximate surface area is 197 Å². The minimum Gasteiger partial charge on any atom is -0.299 e. The van der Waals surface area contributed by atoms with Gasteiger partial charge in [-0.1, -0.05) is 18.2 Å². The molecule has 0 aliphatic rings. The second kappa shape index (κ2) is 10.2. The first-order valence-electron chi connectivity index (χ1n) is 10.3. The number of nitrogens with zero attached hydrogens (tertiary/aromatic N) is 1. The number of benzene rings is 2. The maximum absolute atomic E-state index is 13.3. The number of aryl methyl sites for hydroxylation is 1. The highest BCUT2D eigenvalue weighted by molar-refractivity contribution is 7.90. The van der Waals surface area contributed by atoms with Crippen LogP contribution in [0.25, 0.3) is 0 Å². The molecule has 186 valence electrons. The maximum Gasteiger partial charge on any atom is 0.416 e. The lowest BCUT2D eigenvalue weighted by molar-refractivity contribution is -0.141. The lowest BCUT2D eigenvalue weighted by Crippen LogP contribution is -2.15. The molecule has 11 heteroatoms. The fraction of sp³-hybridized carbons (Fsp3) is 0.250. The van der Waals surface area contributed by atoms with Crippen molar-refractivity contribution in [2.75, 3.05) is 0 Å². The van der Waals surface area contributed by atoms with E-state index in [0.717, 1.165) is 17.7 Å². The van der Waals surface area contributed by atoms with Crippen LogP contribution < -0.4 is 0 Å². The monoisotopic (exact) mass is 515 g/mol. The molecule has 0 amide bonds. The van der Waals surface area contributed by atoms with Crippen LogP contribution in [-0.4, -0.2) is 19.2 Å². The lowest BCUT2D eigenvalue weighted by atomic mass is 10.0. The second-order valence-electron chi connectivity index (χ2n) is 7.85. The normalized spacial score (nSPS) is 12.5. The van der Waals surface area contributed by atoms with Gasteiger partial charge in [-0.05, 0) is 59.5 Å². The summed E-state index contributed by atoms with van der Waals surface area (Å²) in [6, 6.07) is 9.23. The summed E-state index contributed by atoms with van der Waals surface area (Å²) in [6.07, 6.45) is -5.98. The third-order valence-electron chi connectivity index (χ3n) is 5.18. The van der Waals surface area contributed by atoms with Crippen molar-refractivity contribution in [3.8, 4) is 0 Å². The summed E-state index contributed by atoms with van der Waals surface area (Å²) in [5.74, 6) is -1.38. The molecular weight excluding hydrogens is 496 g/mol. The number of carbonyl (C=O) groups excluding carboxylic acids is 1. The first kappa shape index (κ1) is 26.4. The molecule has 3 aromatic rings. The van der Waals surface area contributed by atoms with Crippen LogP contribution in [0.1, 0.15) is 34.2 Å². The molecule has 0 N–H and O–H groups in total. The van der Waals surface area contributed by atoms with Gasteiger partial charge in [0.25, 0.3) is 0 Å². The Balaban J connectivity index is 1.75. The van der Waals surface area contributed by atoms with E-state index in [1.807, 2.05) is 6.07 Å². The van der Waals surface area contributed by atoms with Crippen molar-refractivity contribution >= 4 is 15.6 Å². The van der Waals surface area contributed by atoms with Crippen molar-refractivity contribution in [2.45, 2.75) is 42.3 Å². The van der Waals surface area contributed by atoms with Gasteiger partial charge in [-0.15, -0.1) is 0 Å². The van der Waals surface area contributed by atoms with Gasteiger partial charge in [0.05, 0.1) is 21.8 Å². The van der Waals surface area contributed by atoms with E-state index in [9.17, 15) is 39.6 Å². The molecule has 2 aromatic carbocycles. The van der Waals surface area contributed by atoms with Crippen molar-refractivity contribution in [3.63, 3.8) is 0 Å². The van der Waals surface area contributed by atoms with Crippen LogP contribution in [0.2, 0.25) is 0 Å². The van der Waals surface area contributed by atoms with Crippen LogP contribution in [0.3, 0.4) is 0 Å². The molecule has 1 aromatic heterocycles. The molecular formula is C24H19F6NO3S. The van der Waals surface area contributed by atoms with E-state index >= 15 is 0 Å². The molecule has 0 radical (unpaired) electrons. The van der Waals surface area contributed by atoms with Gasteiger partial charge >= 0.3 is 12.4 Å². The summed E-state index contributed by atoms with van der Waals surface area (Å²) in [4.78, 5) is 15.8. The fourth-order valence-corrected chi connectivity index (χ4v) is 4.78. The number of alkyl halides is 6. The number of ketones is 1. The standard InChI is InChI=1S/C24H19F6NO3S/c25-23(26,27)19-6-10-22(24(28,29)30)18(13-19)15-35(33,34)21-8-4-16(5-9-21)12-20(32)7-3-17-2-1-11-31-14-17/h1-2,4-6,8-11,13-14H,3,7,12,15H2. The zero-order valence-electron chi connectivity index (χ0n) is 18.0. The zero-order chi connectivity index (χ0) is 25.9. The molecule has 0 unspecified atom stereocenters. The second-order valence-corrected chi connectivity index (χ2v) is 9.84. The Morgan fingerprint density at radius 2 is 1.54 bits per heavy atom. The van der Waals surface area contributed by atoms with Gasteiger partial charge in [-0.3, -0.25) is 9.78 Å². The molecule has 0 saturated heterocycles. The first-order chi connectivity index (χ1) is 16.3. The third kappa shape index (κ3) is 7.14. The largest absolute Gasteiger partial charge is 0.416 e. The van der Waals surface area contributed by atoms with E-state index in [1.165, 1.54) is 12.1 Å². The van der Waals surface area contributed by atoms with Gasteiger partial charge in [0, 0.05) is 25.2 Å². The van der Waals surface area contributed by atoms with Gasteiger partial charge in [-0.2, -0.15) is 26.3 Å². The summed E-state index contributed by atoms with van der Waals surface area (Å²) in [5, 5.41) is 0. The number of halogens is 6. The minimum absolute atomic E-state index is 0.0203. The molecule has 35 heavy (non-hydrogen) atoms. The predicted molar refractivity (Wildman–Crippen MR) is 115 cm³/mol. The number of sulfone groups is 1. The molecule has 0 aliphatic carbocycles. The van der Waals surface area contributed by atoms with Crippen LogP contribution in [0.15, 0.2) is 71.9 Å². The van der Waals surface area contributed by atoms with Crippen LogP contribution in [0.4, 0.5) is 26.3 Å². The number of hydrogen-bond donors (Lipinski definition) is 0. The van der Waals surface area contributed by atoms with Gasteiger partial charge in [-0.25, -0.2) is 8.42 Å². The molecule has 3 rings (SSSR count). The molecule has 0 aliphatic heterocycles. The minimum atomic E-state index is -5.03. The summed E-state index contributed by atoms with van der Waals surface area (Å²) in [6.45, 7) is 0. The number of hydrogen-bond acceptors (Lipinski definition) is 4. The number of pyridine rings is 1. The van der Waals surface area contributed by atoms with Crippen LogP contribution in [0.5, 0.6) is 0 Å². The highest BCUT2D eigenvalue weighted by Gasteiger charge is 2.38. The van der Waals surface area contributed by atoms with E-state index in [4.69, 9.17) is 0 Å². The van der Waals surface area contributed by atoms with E-state index in [2.05, 4.69) is 4.98 Å². The summed E-state index contributed by atoms with van der Waals surface area (Å²) in [5.41, 5.74) is -2.45. The number of rotatable bonds is 8. The topological polar surface area (TPSA) is 64.1 Å². The van der Waals surface area contributed by atoms with Crippen molar-refractivity contribution in [2.24, 2.45) is 0 Å². The smallest absolute Gasteiger partial charge is 0.299 e. The van der Waals surface area contributed by atoms with Crippen LogP contribution in [0, 0.1) is 0 Å². The Morgan fingerprint density at radius 3 is 2.11 bits per heavy atom. The number of carbonyl (C=O) groups is 1. The average molecular weight is 515 g/mol. The number of Topliss-reactive ketones (excluding diaryl/α,β-unsaturated/α-hetero) is 1. The molecule has 1 heterocycles. The number of aromatic nitrogens is 1. The van der Waals surface area contributed by atoms with E-state index in [1.54, 1.807) is 18.5 Å². The van der Waals surface area contributed by atoms with Crippen molar-refractivity contribution in [1.82, 2.24) is 4.98 Å². The van der Waals surface area contributed by atoms with E-state index < -0.39 is 44.6 Å². The molecule has 0 bridgehead atoms. The molecule has 0 spiro atoms.